The highest BCUT2D eigenvalue weighted by Gasteiger charge is 2.28. The Hall–Kier alpha value is -2.29. The number of anilines is 1. The van der Waals surface area contributed by atoms with Gasteiger partial charge in [0.25, 0.3) is 5.91 Å². The average Bonchev–Trinajstić information content (AvgIpc) is 2.92. The summed E-state index contributed by atoms with van der Waals surface area (Å²) in [7, 11) is 0. The van der Waals surface area contributed by atoms with Crippen molar-refractivity contribution in [1.82, 2.24) is 0 Å². The molecule has 3 nitrogen and oxygen atoms in total. The average molecular weight is 267 g/mol. The fourth-order valence-corrected chi connectivity index (χ4v) is 2.37. The third-order valence-electron chi connectivity index (χ3n) is 3.57. The van der Waals surface area contributed by atoms with Crippen LogP contribution < -0.4 is 10.1 Å². The Morgan fingerprint density at radius 3 is 2.65 bits per heavy atom. The van der Waals surface area contributed by atoms with Crippen molar-refractivity contribution in [3.8, 4) is 5.75 Å². The fraction of sp³-hybridized carbons (Fsp3) is 0.235. The Balaban J connectivity index is 1.66. The molecule has 0 spiro atoms. The highest BCUT2D eigenvalue weighted by molar-refractivity contribution is 5.95. The normalized spacial score (nSPS) is 16.4. The summed E-state index contributed by atoms with van der Waals surface area (Å²) in [6.07, 6.45) is 1.20. The number of carbonyl (C=O) groups is 1. The second-order valence-corrected chi connectivity index (χ2v) is 4.96. The molecule has 3 rings (SSSR count). The predicted molar refractivity (Wildman–Crippen MR) is 79.0 cm³/mol. The van der Waals surface area contributed by atoms with Gasteiger partial charge in [0.15, 0.2) is 6.10 Å². The van der Waals surface area contributed by atoms with Crippen LogP contribution in [0.2, 0.25) is 0 Å². The maximum Gasteiger partial charge on any atom is 0.265 e. The fourth-order valence-electron chi connectivity index (χ4n) is 2.37. The van der Waals surface area contributed by atoms with E-state index in [0.717, 1.165) is 23.4 Å². The van der Waals surface area contributed by atoms with Crippen molar-refractivity contribution in [2.75, 3.05) is 5.32 Å². The molecule has 0 aliphatic carbocycles. The zero-order chi connectivity index (χ0) is 13.9. The number of ether oxygens (including phenoxy) is 1. The molecular formula is C17H17NO2. The Morgan fingerprint density at radius 2 is 1.95 bits per heavy atom. The van der Waals surface area contributed by atoms with Gasteiger partial charge in [0.2, 0.25) is 0 Å². The number of aryl methyl sites for hydroxylation is 1. The maximum atomic E-state index is 12.2. The molecule has 2 aromatic rings. The molecule has 1 N–H and O–H groups in total. The van der Waals surface area contributed by atoms with Gasteiger partial charge in [0.1, 0.15) is 5.75 Å². The van der Waals surface area contributed by atoms with Crippen LogP contribution >= 0.6 is 0 Å². The summed E-state index contributed by atoms with van der Waals surface area (Å²) < 4.78 is 5.67. The number of benzene rings is 2. The summed E-state index contributed by atoms with van der Waals surface area (Å²) in [5, 5.41) is 2.91. The number of carbonyl (C=O) groups excluding carboxylic acids is 1. The monoisotopic (exact) mass is 267 g/mol. The standard InChI is InChI=1S/C17H17NO2/c1-2-12-7-9-14(10-8-12)18-17(19)16-11-13-5-3-4-6-15(13)20-16/h3-10,16H,2,11H2,1H3,(H,18,19). The summed E-state index contributed by atoms with van der Waals surface area (Å²) >= 11 is 0. The summed E-state index contributed by atoms with van der Waals surface area (Å²) in [6, 6.07) is 15.7. The third-order valence-corrected chi connectivity index (χ3v) is 3.57. The van der Waals surface area contributed by atoms with Crippen molar-refractivity contribution in [3.05, 3.63) is 59.7 Å². The van der Waals surface area contributed by atoms with Crippen molar-refractivity contribution >= 4 is 11.6 Å². The highest BCUT2D eigenvalue weighted by Crippen LogP contribution is 2.28. The molecule has 0 saturated carbocycles. The zero-order valence-electron chi connectivity index (χ0n) is 11.4. The van der Waals surface area contributed by atoms with Crippen LogP contribution in [0.5, 0.6) is 5.75 Å². The van der Waals surface area contributed by atoms with Gasteiger partial charge in [-0.25, -0.2) is 0 Å². The highest BCUT2D eigenvalue weighted by atomic mass is 16.5. The second-order valence-electron chi connectivity index (χ2n) is 4.96. The van der Waals surface area contributed by atoms with Crippen LogP contribution in [0, 0.1) is 0 Å². The molecule has 1 aliphatic rings. The Bertz CT molecular complexity index is 594. The number of hydrogen-bond acceptors (Lipinski definition) is 2. The number of nitrogens with one attached hydrogen (secondary N) is 1. The largest absolute Gasteiger partial charge is 0.480 e. The first-order valence-electron chi connectivity index (χ1n) is 6.90. The first-order valence-corrected chi connectivity index (χ1v) is 6.90. The van der Waals surface area contributed by atoms with E-state index in [1.54, 1.807) is 0 Å². The molecular weight excluding hydrogens is 250 g/mol. The number of amides is 1. The van der Waals surface area contributed by atoms with E-state index in [2.05, 4.69) is 12.2 Å². The van der Waals surface area contributed by atoms with Crippen LogP contribution in [-0.4, -0.2) is 12.0 Å². The van der Waals surface area contributed by atoms with E-state index >= 15 is 0 Å². The summed E-state index contributed by atoms with van der Waals surface area (Å²) in [5.74, 6) is 0.722. The minimum absolute atomic E-state index is 0.0922. The lowest BCUT2D eigenvalue weighted by molar-refractivity contribution is -0.122. The molecule has 1 atom stereocenters. The molecule has 2 aromatic carbocycles. The summed E-state index contributed by atoms with van der Waals surface area (Å²) in [4.78, 5) is 12.2. The van der Waals surface area contributed by atoms with Crippen LogP contribution in [0.1, 0.15) is 18.1 Å². The molecule has 0 fully saturated rings. The van der Waals surface area contributed by atoms with Crippen molar-refractivity contribution in [2.45, 2.75) is 25.9 Å². The lowest BCUT2D eigenvalue weighted by atomic mass is 10.1. The molecule has 1 aliphatic heterocycles. The van der Waals surface area contributed by atoms with Crippen LogP contribution in [0.25, 0.3) is 0 Å². The van der Waals surface area contributed by atoms with E-state index in [1.165, 1.54) is 5.56 Å². The molecule has 20 heavy (non-hydrogen) atoms. The second kappa shape index (κ2) is 5.37. The smallest absolute Gasteiger partial charge is 0.265 e. The predicted octanol–water partition coefficient (Wildman–Crippen LogP) is 3.19. The van der Waals surface area contributed by atoms with Gasteiger partial charge in [-0.3, -0.25) is 4.79 Å². The van der Waals surface area contributed by atoms with Gasteiger partial charge in [-0.1, -0.05) is 37.3 Å². The lowest BCUT2D eigenvalue weighted by Gasteiger charge is -2.11. The Labute approximate surface area is 118 Å². The van der Waals surface area contributed by atoms with E-state index in [0.29, 0.717) is 6.42 Å². The summed E-state index contributed by atoms with van der Waals surface area (Å²) in [5.41, 5.74) is 3.16. The van der Waals surface area contributed by atoms with Crippen LogP contribution in [0.15, 0.2) is 48.5 Å². The number of hydrogen-bond donors (Lipinski definition) is 1. The van der Waals surface area contributed by atoms with Crippen molar-refractivity contribution < 1.29 is 9.53 Å². The van der Waals surface area contributed by atoms with Crippen LogP contribution in [0.3, 0.4) is 0 Å². The molecule has 102 valence electrons. The first kappa shape index (κ1) is 12.7. The van der Waals surface area contributed by atoms with E-state index in [9.17, 15) is 4.79 Å². The molecule has 0 saturated heterocycles. The SMILES string of the molecule is CCc1ccc(NC(=O)C2Cc3ccccc3O2)cc1. The summed E-state index contributed by atoms with van der Waals surface area (Å²) in [6.45, 7) is 2.11. The molecule has 1 heterocycles. The third kappa shape index (κ3) is 2.52. The lowest BCUT2D eigenvalue weighted by Crippen LogP contribution is -2.31. The van der Waals surface area contributed by atoms with Gasteiger partial charge in [0.05, 0.1) is 0 Å². The number of rotatable bonds is 3. The van der Waals surface area contributed by atoms with Gasteiger partial charge in [-0.15, -0.1) is 0 Å². The van der Waals surface area contributed by atoms with Crippen molar-refractivity contribution in [1.29, 1.82) is 0 Å². The van der Waals surface area contributed by atoms with Crippen molar-refractivity contribution in [2.24, 2.45) is 0 Å². The quantitative estimate of drug-likeness (QED) is 0.927. The Kier molecular flexibility index (Phi) is 3.42. The molecule has 3 heteroatoms. The minimum Gasteiger partial charge on any atom is -0.480 e. The Morgan fingerprint density at radius 1 is 1.20 bits per heavy atom. The van der Waals surface area contributed by atoms with Crippen LogP contribution in [0.4, 0.5) is 5.69 Å². The van der Waals surface area contributed by atoms with Gasteiger partial charge < -0.3 is 10.1 Å². The molecule has 0 aromatic heterocycles. The topological polar surface area (TPSA) is 38.3 Å². The van der Waals surface area contributed by atoms with Gasteiger partial charge in [-0.05, 0) is 35.7 Å². The van der Waals surface area contributed by atoms with Gasteiger partial charge in [-0.2, -0.15) is 0 Å². The van der Waals surface area contributed by atoms with Crippen LogP contribution in [-0.2, 0) is 17.6 Å². The first-order chi connectivity index (χ1) is 9.76. The molecule has 0 bridgehead atoms. The van der Waals surface area contributed by atoms with Crippen molar-refractivity contribution in [3.63, 3.8) is 0 Å². The minimum atomic E-state index is -0.432. The van der Waals surface area contributed by atoms with E-state index < -0.39 is 6.10 Å². The van der Waals surface area contributed by atoms with Gasteiger partial charge >= 0.3 is 0 Å². The van der Waals surface area contributed by atoms with E-state index in [-0.39, 0.29) is 5.91 Å². The maximum absolute atomic E-state index is 12.2. The van der Waals surface area contributed by atoms with Gasteiger partial charge in [0, 0.05) is 12.1 Å². The number of fused-ring (bicyclic) bond motifs is 1. The van der Waals surface area contributed by atoms with E-state index in [4.69, 9.17) is 4.74 Å². The molecule has 1 amide bonds. The number of para-hydroxylation sites is 1. The van der Waals surface area contributed by atoms with E-state index in [1.807, 2.05) is 48.5 Å². The molecule has 1 unspecified atom stereocenters. The molecule has 0 radical (unpaired) electrons. The zero-order valence-corrected chi connectivity index (χ0v) is 11.4.